The maximum absolute atomic E-state index is 5.35. The first-order chi connectivity index (χ1) is 8.11. The quantitative estimate of drug-likeness (QED) is 0.293. The van der Waals surface area contributed by atoms with Crippen LogP contribution in [-0.2, 0) is 9.47 Å². The molecule has 0 aliphatic carbocycles. The Labute approximate surface area is 128 Å². The van der Waals surface area contributed by atoms with Gasteiger partial charge in [0.25, 0.3) is 0 Å². The van der Waals surface area contributed by atoms with E-state index in [1.165, 1.54) is 0 Å². The third kappa shape index (κ3) is 11.0. The smallest absolute Gasteiger partial charge is 0.191 e. The standard InChI is InChI=1S/C12H27N3O2.HI/c1-10(2)11(3)15-12(13-4)14-6-7-17-9-8-16-5;/h10-11H,6-9H2,1-5H3,(H2,13,14,15);1H. The summed E-state index contributed by atoms with van der Waals surface area (Å²) < 4.78 is 10.2. The largest absolute Gasteiger partial charge is 0.382 e. The Balaban J connectivity index is 0. The van der Waals surface area contributed by atoms with Crippen LogP contribution in [0.4, 0.5) is 0 Å². The van der Waals surface area contributed by atoms with Gasteiger partial charge in [0, 0.05) is 26.7 Å². The number of methoxy groups -OCH3 is 1. The van der Waals surface area contributed by atoms with Crippen LogP contribution in [0.3, 0.4) is 0 Å². The molecule has 0 rings (SSSR count). The van der Waals surface area contributed by atoms with E-state index >= 15 is 0 Å². The van der Waals surface area contributed by atoms with E-state index in [2.05, 4.69) is 36.4 Å². The van der Waals surface area contributed by atoms with E-state index in [-0.39, 0.29) is 24.0 Å². The number of nitrogens with one attached hydrogen (secondary N) is 2. The van der Waals surface area contributed by atoms with E-state index in [1.54, 1.807) is 14.2 Å². The lowest BCUT2D eigenvalue weighted by molar-refractivity contribution is 0.0733. The zero-order valence-corrected chi connectivity index (χ0v) is 14.5. The van der Waals surface area contributed by atoms with Gasteiger partial charge in [0.05, 0.1) is 19.8 Å². The van der Waals surface area contributed by atoms with Crippen molar-refractivity contribution < 1.29 is 9.47 Å². The first kappa shape index (κ1) is 20.2. The summed E-state index contributed by atoms with van der Waals surface area (Å²) in [7, 11) is 3.44. The summed E-state index contributed by atoms with van der Waals surface area (Å²) in [5, 5.41) is 6.53. The van der Waals surface area contributed by atoms with Gasteiger partial charge in [-0.3, -0.25) is 4.99 Å². The van der Waals surface area contributed by atoms with Crippen molar-refractivity contribution in [1.82, 2.24) is 10.6 Å². The molecule has 6 heteroatoms. The SMILES string of the molecule is CN=C(NCCOCCOC)NC(C)C(C)C.I. The van der Waals surface area contributed by atoms with Gasteiger partial charge in [0.1, 0.15) is 0 Å². The number of hydrogen-bond acceptors (Lipinski definition) is 3. The predicted molar refractivity (Wildman–Crippen MR) is 86.9 cm³/mol. The fourth-order valence-corrected chi connectivity index (χ4v) is 1.06. The van der Waals surface area contributed by atoms with Crippen molar-refractivity contribution in [2.24, 2.45) is 10.9 Å². The Morgan fingerprint density at radius 1 is 1.17 bits per heavy atom. The van der Waals surface area contributed by atoms with Crippen LogP contribution in [-0.4, -0.2) is 52.5 Å². The molecular formula is C12H28IN3O2. The van der Waals surface area contributed by atoms with E-state index in [9.17, 15) is 0 Å². The molecule has 0 aromatic heterocycles. The van der Waals surface area contributed by atoms with E-state index in [0.717, 1.165) is 12.5 Å². The second-order valence-electron chi connectivity index (χ2n) is 4.28. The monoisotopic (exact) mass is 373 g/mol. The summed E-state index contributed by atoms with van der Waals surface area (Å²) in [5.41, 5.74) is 0. The van der Waals surface area contributed by atoms with E-state index < -0.39 is 0 Å². The minimum atomic E-state index is 0. The molecule has 1 unspecified atom stereocenters. The first-order valence-corrected chi connectivity index (χ1v) is 6.15. The molecule has 2 N–H and O–H groups in total. The fourth-order valence-electron chi connectivity index (χ4n) is 1.06. The number of ether oxygens (including phenoxy) is 2. The second-order valence-corrected chi connectivity index (χ2v) is 4.28. The van der Waals surface area contributed by atoms with Gasteiger partial charge in [-0.05, 0) is 12.8 Å². The minimum absolute atomic E-state index is 0. The highest BCUT2D eigenvalue weighted by molar-refractivity contribution is 14.0. The molecule has 0 aromatic rings. The van der Waals surface area contributed by atoms with Crippen molar-refractivity contribution in [1.29, 1.82) is 0 Å². The first-order valence-electron chi connectivity index (χ1n) is 6.15. The Bertz CT molecular complexity index is 213. The normalized spacial score (nSPS) is 13.1. The average molecular weight is 373 g/mol. The summed E-state index contributed by atoms with van der Waals surface area (Å²) in [6, 6.07) is 0.399. The number of nitrogens with zero attached hydrogens (tertiary/aromatic N) is 1. The molecule has 0 heterocycles. The fraction of sp³-hybridized carbons (Fsp3) is 0.917. The molecule has 0 spiro atoms. The van der Waals surface area contributed by atoms with E-state index in [1.807, 2.05) is 0 Å². The molecule has 0 radical (unpaired) electrons. The van der Waals surface area contributed by atoms with E-state index in [4.69, 9.17) is 9.47 Å². The minimum Gasteiger partial charge on any atom is -0.382 e. The molecule has 0 amide bonds. The van der Waals surface area contributed by atoms with Crippen LogP contribution in [0, 0.1) is 5.92 Å². The zero-order chi connectivity index (χ0) is 13.1. The summed E-state index contributed by atoms with van der Waals surface area (Å²) in [6.07, 6.45) is 0. The van der Waals surface area contributed by atoms with Gasteiger partial charge in [-0.25, -0.2) is 0 Å². The van der Waals surface area contributed by atoms with Crippen LogP contribution in [0.1, 0.15) is 20.8 Å². The van der Waals surface area contributed by atoms with Crippen LogP contribution >= 0.6 is 24.0 Å². The Morgan fingerprint density at radius 3 is 2.33 bits per heavy atom. The zero-order valence-electron chi connectivity index (χ0n) is 12.2. The third-order valence-corrected chi connectivity index (χ3v) is 2.56. The van der Waals surface area contributed by atoms with Crippen LogP contribution in [0.5, 0.6) is 0 Å². The molecular weight excluding hydrogens is 345 g/mol. The highest BCUT2D eigenvalue weighted by atomic mass is 127. The molecule has 1 atom stereocenters. The van der Waals surface area contributed by atoms with Gasteiger partial charge in [0.15, 0.2) is 5.96 Å². The van der Waals surface area contributed by atoms with Gasteiger partial charge < -0.3 is 20.1 Å². The van der Waals surface area contributed by atoms with Gasteiger partial charge in [-0.15, -0.1) is 24.0 Å². The number of hydrogen-bond donors (Lipinski definition) is 2. The van der Waals surface area contributed by atoms with Crippen molar-refractivity contribution >= 4 is 29.9 Å². The molecule has 0 saturated carbocycles. The predicted octanol–water partition coefficient (Wildman–Crippen LogP) is 1.48. The summed E-state index contributed by atoms with van der Waals surface area (Å²) in [4.78, 5) is 4.16. The topological polar surface area (TPSA) is 54.9 Å². The molecule has 110 valence electrons. The molecule has 0 fully saturated rings. The van der Waals surface area contributed by atoms with Crippen molar-refractivity contribution in [2.45, 2.75) is 26.8 Å². The second kappa shape index (κ2) is 13.4. The van der Waals surface area contributed by atoms with Crippen molar-refractivity contribution in [3.63, 3.8) is 0 Å². The summed E-state index contributed by atoms with van der Waals surface area (Å²) in [6.45, 7) is 9.17. The number of rotatable bonds is 8. The van der Waals surface area contributed by atoms with Gasteiger partial charge >= 0.3 is 0 Å². The molecule has 0 bridgehead atoms. The number of guanidine groups is 1. The number of halogens is 1. The third-order valence-electron chi connectivity index (χ3n) is 2.56. The average Bonchev–Trinajstić information content (AvgIpc) is 2.31. The highest BCUT2D eigenvalue weighted by Gasteiger charge is 2.08. The maximum Gasteiger partial charge on any atom is 0.191 e. The lowest BCUT2D eigenvalue weighted by Gasteiger charge is -2.20. The molecule has 0 saturated heterocycles. The molecule has 18 heavy (non-hydrogen) atoms. The summed E-state index contributed by atoms with van der Waals surface area (Å²) >= 11 is 0. The summed E-state index contributed by atoms with van der Waals surface area (Å²) in [5.74, 6) is 1.40. The highest BCUT2D eigenvalue weighted by Crippen LogP contribution is 1.98. The Kier molecular flexibility index (Phi) is 15.0. The van der Waals surface area contributed by atoms with Crippen LogP contribution in [0.25, 0.3) is 0 Å². The molecule has 0 aliphatic heterocycles. The van der Waals surface area contributed by atoms with Gasteiger partial charge in [0.2, 0.25) is 0 Å². The Hall–Kier alpha value is -0.0800. The van der Waals surface area contributed by atoms with Crippen LogP contribution in [0.2, 0.25) is 0 Å². The lowest BCUT2D eigenvalue weighted by atomic mass is 10.1. The van der Waals surface area contributed by atoms with Crippen molar-refractivity contribution in [2.75, 3.05) is 40.5 Å². The Morgan fingerprint density at radius 2 is 1.83 bits per heavy atom. The van der Waals surface area contributed by atoms with Gasteiger partial charge in [-0.1, -0.05) is 13.8 Å². The number of aliphatic imine (C=N–C) groups is 1. The molecule has 5 nitrogen and oxygen atoms in total. The lowest BCUT2D eigenvalue weighted by Crippen LogP contribution is -2.45. The van der Waals surface area contributed by atoms with Gasteiger partial charge in [-0.2, -0.15) is 0 Å². The van der Waals surface area contributed by atoms with Crippen molar-refractivity contribution in [3.8, 4) is 0 Å². The molecule has 0 aliphatic rings. The van der Waals surface area contributed by atoms with Crippen molar-refractivity contribution in [3.05, 3.63) is 0 Å². The van der Waals surface area contributed by atoms with Crippen LogP contribution in [0.15, 0.2) is 4.99 Å². The maximum atomic E-state index is 5.35. The van der Waals surface area contributed by atoms with E-state index in [0.29, 0.717) is 31.8 Å². The van der Waals surface area contributed by atoms with Crippen LogP contribution < -0.4 is 10.6 Å². The molecule has 0 aromatic carbocycles.